The van der Waals surface area contributed by atoms with Crippen LogP contribution in [0.4, 0.5) is 4.79 Å². The van der Waals surface area contributed by atoms with Crippen LogP contribution in [0.2, 0.25) is 0 Å². The molecule has 3 atom stereocenters. The van der Waals surface area contributed by atoms with Crippen molar-refractivity contribution >= 4 is 6.03 Å². The predicted molar refractivity (Wildman–Crippen MR) is 94.8 cm³/mol. The molecule has 1 saturated heterocycles. The average molecular weight is 335 g/mol. The second-order valence-corrected chi connectivity index (χ2v) is 6.17. The molecule has 0 aliphatic carbocycles. The van der Waals surface area contributed by atoms with Gasteiger partial charge in [0.05, 0.1) is 23.7 Å². The topological polar surface area (TPSA) is 74.2 Å². The van der Waals surface area contributed by atoms with E-state index < -0.39 is 0 Å². The number of nitriles is 1. The molecule has 1 aliphatic heterocycles. The van der Waals surface area contributed by atoms with Gasteiger partial charge in [-0.1, -0.05) is 42.5 Å². The molecule has 2 aromatic rings. The van der Waals surface area contributed by atoms with Crippen LogP contribution in [0.3, 0.4) is 0 Å². The zero-order valence-electron chi connectivity index (χ0n) is 14.1. The second-order valence-electron chi connectivity index (χ2n) is 6.17. The van der Waals surface area contributed by atoms with E-state index in [4.69, 9.17) is 10.00 Å². The van der Waals surface area contributed by atoms with Crippen molar-refractivity contribution in [3.8, 4) is 6.07 Å². The summed E-state index contributed by atoms with van der Waals surface area (Å²) in [6.45, 7) is 2.55. The first-order valence-corrected chi connectivity index (χ1v) is 8.41. The SMILES string of the molecule is C[C@H](NC(=O)N[C@H]1CCO[C@@H]1c1ccccc1)c1ccc(C#N)cc1. The van der Waals surface area contributed by atoms with E-state index in [2.05, 4.69) is 16.7 Å². The van der Waals surface area contributed by atoms with Crippen LogP contribution in [0.5, 0.6) is 0 Å². The lowest BCUT2D eigenvalue weighted by Crippen LogP contribution is -2.44. The van der Waals surface area contributed by atoms with E-state index in [9.17, 15) is 4.79 Å². The first-order chi connectivity index (χ1) is 12.2. The Morgan fingerprint density at radius 3 is 2.60 bits per heavy atom. The maximum Gasteiger partial charge on any atom is 0.315 e. The fourth-order valence-corrected chi connectivity index (χ4v) is 3.04. The highest BCUT2D eigenvalue weighted by Crippen LogP contribution is 2.28. The van der Waals surface area contributed by atoms with Crippen molar-refractivity contribution in [2.75, 3.05) is 6.61 Å². The molecule has 25 heavy (non-hydrogen) atoms. The Morgan fingerprint density at radius 2 is 1.92 bits per heavy atom. The van der Waals surface area contributed by atoms with Crippen molar-refractivity contribution in [2.24, 2.45) is 0 Å². The standard InChI is InChI=1S/C20H21N3O2/c1-14(16-9-7-15(13-21)8-10-16)22-20(24)23-18-11-12-25-19(18)17-5-3-2-4-6-17/h2-10,14,18-19H,11-12H2,1H3,(H2,22,23,24)/t14-,18-,19+/m0/s1. The molecular formula is C20H21N3O2. The Balaban J connectivity index is 1.59. The van der Waals surface area contributed by atoms with E-state index in [0.29, 0.717) is 12.2 Å². The lowest BCUT2D eigenvalue weighted by Gasteiger charge is -2.22. The monoisotopic (exact) mass is 335 g/mol. The minimum Gasteiger partial charge on any atom is -0.371 e. The van der Waals surface area contributed by atoms with Crippen LogP contribution < -0.4 is 10.6 Å². The Morgan fingerprint density at radius 1 is 1.20 bits per heavy atom. The van der Waals surface area contributed by atoms with Crippen molar-refractivity contribution in [3.63, 3.8) is 0 Å². The smallest absolute Gasteiger partial charge is 0.315 e. The molecule has 2 amide bonds. The number of hydrogen-bond acceptors (Lipinski definition) is 3. The summed E-state index contributed by atoms with van der Waals surface area (Å²) in [4.78, 5) is 12.4. The molecule has 3 rings (SSSR count). The van der Waals surface area contributed by atoms with Gasteiger partial charge in [0.2, 0.25) is 0 Å². The predicted octanol–water partition coefficient (Wildman–Crippen LogP) is 3.45. The third-order valence-electron chi connectivity index (χ3n) is 4.42. The first kappa shape index (κ1) is 17.0. The van der Waals surface area contributed by atoms with Crippen molar-refractivity contribution in [1.29, 1.82) is 5.26 Å². The number of carbonyl (C=O) groups is 1. The molecule has 0 spiro atoms. The summed E-state index contributed by atoms with van der Waals surface area (Å²) in [6.07, 6.45) is 0.676. The number of urea groups is 1. The third kappa shape index (κ3) is 4.17. The van der Waals surface area contributed by atoms with E-state index in [-0.39, 0.29) is 24.2 Å². The van der Waals surface area contributed by atoms with Gasteiger partial charge in [-0.2, -0.15) is 5.26 Å². The first-order valence-electron chi connectivity index (χ1n) is 8.41. The summed E-state index contributed by atoms with van der Waals surface area (Å²) in [5.41, 5.74) is 2.64. The number of benzene rings is 2. The zero-order chi connectivity index (χ0) is 17.6. The summed E-state index contributed by atoms with van der Waals surface area (Å²) in [7, 11) is 0. The van der Waals surface area contributed by atoms with Gasteiger partial charge in [-0.25, -0.2) is 4.79 Å². The van der Waals surface area contributed by atoms with Crippen LogP contribution in [-0.2, 0) is 4.74 Å². The van der Waals surface area contributed by atoms with Crippen LogP contribution in [0.15, 0.2) is 54.6 Å². The van der Waals surface area contributed by atoms with Crippen LogP contribution in [-0.4, -0.2) is 18.7 Å². The molecule has 0 aromatic heterocycles. The molecular weight excluding hydrogens is 314 g/mol. The van der Waals surface area contributed by atoms with Gasteiger partial charge >= 0.3 is 6.03 Å². The molecule has 1 heterocycles. The van der Waals surface area contributed by atoms with Crippen molar-refractivity contribution < 1.29 is 9.53 Å². The molecule has 0 bridgehead atoms. The molecule has 5 heteroatoms. The largest absolute Gasteiger partial charge is 0.371 e. The summed E-state index contributed by atoms with van der Waals surface area (Å²) in [6, 6.07) is 18.8. The van der Waals surface area contributed by atoms with Crippen LogP contribution in [0.25, 0.3) is 0 Å². The van der Waals surface area contributed by atoms with E-state index in [1.165, 1.54) is 0 Å². The van der Waals surface area contributed by atoms with Gasteiger partial charge < -0.3 is 15.4 Å². The number of ether oxygens (including phenoxy) is 1. The van der Waals surface area contributed by atoms with E-state index >= 15 is 0 Å². The third-order valence-corrected chi connectivity index (χ3v) is 4.42. The number of nitrogens with one attached hydrogen (secondary N) is 2. The van der Waals surface area contributed by atoms with Gasteiger partial charge in [-0.05, 0) is 36.6 Å². The molecule has 2 N–H and O–H groups in total. The highest BCUT2D eigenvalue weighted by molar-refractivity contribution is 5.75. The lowest BCUT2D eigenvalue weighted by atomic mass is 10.0. The Kier molecular flexibility index (Phi) is 5.32. The van der Waals surface area contributed by atoms with E-state index in [1.54, 1.807) is 12.1 Å². The number of amides is 2. The van der Waals surface area contributed by atoms with Crippen LogP contribution in [0.1, 0.15) is 42.2 Å². The highest BCUT2D eigenvalue weighted by atomic mass is 16.5. The van der Waals surface area contributed by atoms with Gasteiger partial charge in [-0.3, -0.25) is 0 Å². The fraction of sp³-hybridized carbons (Fsp3) is 0.300. The van der Waals surface area contributed by atoms with Gasteiger partial charge in [0.15, 0.2) is 0 Å². The van der Waals surface area contributed by atoms with Crippen molar-refractivity contribution in [1.82, 2.24) is 10.6 Å². The summed E-state index contributed by atoms with van der Waals surface area (Å²) >= 11 is 0. The lowest BCUT2D eigenvalue weighted by molar-refractivity contribution is 0.0998. The number of rotatable bonds is 4. The van der Waals surface area contributed by atoms with Crippen molar-refractivity contribution in [3.05, 3.63) is 71.3 Å². The molecule has 0 saturated carbocycles. The van der Waals surface area contributed by atoms with E-state index in [1.807, 2.05) is 49.4 Å². The highest BCUT2D eigenvalue weighted by Gasteiger charge is 2.31. The van der Waals surface area contributed by atoms with Crippen molar-refractivity contribution in [2.45, 2.75) is 31.5 Å². The van der Waals surface area contributed by atoms with Gasteiger partial charge in [-0.15, -0.1) is 0 Å². The fourth-order valence-electron chi connectivity index (χ4n) is 3.04. The molecule has 0 radical (unpaired) electrons. The Labute approximate surface area is 147 Å². The van der Waals surface area contributed by atoms with E-state index in [0.717, 1.165) is 17.5 Å². The second kappa shape index (κ2) is 7.82. The minimum atomic E-state index is -0.215. The normalized spacial score (nSPS) is 20.5. The van der Waals surface area contributed by atoms with Gasteiger partial charge in [0.1, 0.15) is 6.10 Å². The van der Waals surface area contributed by atoms with Gasteiger partial charge in [0.25, 0.3) is 0 Å². The molecule has 5 nitrogen and oxygen atoms in total. The number of hydrogen-bond donors (Lipinski definition) is 2. The maximum absolute atomic E-state index is 12.4. The summed E-state index contributed by atoms with van der Waals surface area (Å²) < 4.78 is 5.79. The zero-order valence-corrected chi connectivity index (χ0v) is 14.1. The molecule has 2 aromatic carbocycles. The van der Waals surface area contributed by atoms with Crippen LogP contribution in [0, 0.1) is 11.3 Å². The molecule has 0 unspecified atom stereocenters. The summed E-state index contributed by atoms with van der Waals surface area (Å²) in [5, 5.41) is 14.8. The molecule has 128 valence electrons. The average Bonchev–Trinajstić information content (AvgIpc) is 3.10. The molecule has 1 fully saturated rings. The summed E-state index contributed by atoms with van der Waals surface area (Å²) in [5.74, 6) is 0. The Hall–Kier alpha value is -2.84. The number of nitrogens with zero attached hydrogens (tertiary/aromatic N) is 1. The molecule has 1 aliphatic rings. The number of carbonyl (C=O) groups excluding carboxylic acids is 1. The maximum atomic E-state index is 12.4. The van der Waals surface area contributed by atoms with Crippen LogP contribution >= 0.6 is 0 Å². The quantitative estimate of drug-likeness (QED) is 0.899. The Bertz CT molecular complexity index is 753. The minimum absolute atomic E-state index is 0.0458. The van der Waals surface area contributed by atoms with Gasteiger partial charge in [0, 0.05) is 6.61 Å².